The Kier molecular flexibility index (Phi) is 5.40. The highest BCUT2D eigenvalue weighted by molar-refractivity contribution is 7.89. The summed E-state index contributed by atoms with van der Waals surface area (Å²) >= 11 is 0. The van der Waals surface area contributed by atoms with Gasteiger partial charge in [-0.05, 0) is 31.2 Å². The number of benzene rings is 1. The number of halogens is 1. The minimum Gasteiger partial charge on any atom is -0.395 e. The summed E-state index contributed by atoms with van der Waals surface area (Å²) in [4.78, 5) is 11.3. The molecule has 0 heterocycles. The van der Waals surface area contributed by atoms with Crippen LogP contribution in [0.3, 0.4) is 0 Å². The quantitative estimate of drug-likeness (QED) is 0.664. The molecule has 8 heteroatoms. The summed E-state index contributed by atoms with van der Waals surface area (Å²) in [5.41, 5.74) is 0. The number of aliphatic hydroxyl groups excluding tert-OH is 1. The predicted molar refractivity (Wildman–Crippen MR) is 66.3 cm³/mol. The Hall–Kier alpha value is -1.51. The molecule has 0 aliphatic rings. The summed E-state index contributed by atoms with van der Waals surface area (Å²) in [5.74, 6) is -1.10. The second-order valence-electron chi connectivity index (χ2n) is 3.81. The molecule has 0 radical (unpaired) electrons. The van der Waals surface area contributed by atoms with Crippen molar-refractivity contribution in [2.24, 2.45) is 0 Å². The van der Waals surface area contributed by atoms with Gasteiger partial charge in [0.2, 0.25) is 15.9 Å². The van der Waals surface area contributed by atoms with Gasteiger partial charge in [-0.2, -0.15) is 4.72 Å². The average molecular weight is 290 g/mol. The van der Waals surface area contributed by atoms with Crippen molar-refractivity contribution < 1.29 is 22.7 Å². The Labute approximate surface area is 110 Å². The van der Waals surface area contributed by atoms with E-state index < -0.39 is 27.8 Å². The lowest BCUT2D eigenvalue weighted by Gasteiger charge is -2.14. The van der Waals surface area contributed by atoms with Crippen LogP contribution < -0.4 is 10.0 Å². The predicted octanol–water partition coefficient (Wildman–Crippen LogP) is -0.399. The van der Waals surface area contributed by atoms with Gasteiger partial charge in [-0.1, -0.05) is 0 Å². The maximum Gasteiger partial charge on any atom is 0.241 e. The molecular formula is C11H15FN2O4S. The summed E-state index contributed by atoms with van der Waals surface area (Å²) in [7, 11) is -3.89. The number of sulfonamides is 1. The highest BCUT2D eigenvalue weighted by Crippen LogP contribution is 2.10. The van der Waals surface area contributed by atoms with E-state index in [9.17, 15) is 17.6 Å². The van der Waals surface area contributed by atoms with E-state index in [-0.39, 0.29) is 18.0 Å². The fourth-order valence-electron chi connectivity index (χ4n) is 1.30. The van der Waals surface area contributed by atoms with E-state index >= 15 is 0 Å². The van der Waals surface area contributed by atoms with Crippen molar-refractivity contribution in [3.05, 3.63) is 30.1 Å². The second-order valence-corrected chi connectivity index (χ2v) is 5.53. The van der Waals surface area contributed by atoms with E-state index in [4.69, 9.17) is 5.11 Å². The number of amides is 1. The molecule has 0 aliphatic heterocycles. The van der Waals surface area contributed by atoms with Crippen LogP contribution in [0.5, 0.6) is 0 Å². The highest BCUT2D eigenvalue weighted by Gasteiger charge is 2.21. The van der Waals surface area contributed by atoms with Crippen LogP contribution in [0.2, 0.25) is 0 Å². The van der Waals surface area contributed by atoms with Gasteiger partial charge in [-0.3, -0.25) is 4.79 Å². The molecule has 1 aromatic carbocycles. The number of carbonyl (C=O) groups is 1. The van der Waals surface area contributed by atoms with Crippen LogP contribution >= 0.6 is 0 Å². The van der Waals surface area contributed by atoms with Crippen molar-refractivity contribution >= 4 is 15.9 Å². The lowest BCUT2D eigenvalue weighted by Crippen LogP contribution is -2.45. The van der Waals surface area contributed by atoms with Gasteiger partial charge in [0.15, 0.2) is 0 Å². The summed E-state index contributed by atoms with van der Waals surface area (Å²) in [6, 6.07) is 3.25. The molecule has 19 heavy (non-hydrogen) atoms. The first-order chi connectivity index (χ1) is 8.86. The largest absolute Gasteiger partial charge is 0.395 e. The molecule has 106 valence electrons. The average Bonchev–Trinajstić information content (AvgIpc) is 2.35. The minimum atomic E-state index is -3.89. The third-order valence-corrected chi connectivity index (χ3v) is 3.82. The third-order valence-electron chi connectivity index (χ3n) is 2.26. The van der Waals surface area contributed by atoms with E-state index in [1.807, 2.05) is 0 Å². The zero-order valence-electron chi connectivity index (χ0n) is 10.3. The number of carbonyl (C=O) groups excluding carboxylic acids is 1. The topological polar surface area (TPSA) is 95.5 Å². The maximum absolute atomic E-state index is 12.7. The smallest absolute Gasteiger partial charge is 0.241 e. The zero-order valence-corrected chi connectivity index (χ0v) is 11.1. The van der Waals surface area contributed by atoms with Crippen LogP contribution in [-0.4, -0.2) is 38.6 Å². The van der Waals surface area contributed by atoms with Crippen molar-refractivity contribution in [2.45, 2.75) is 17.9 Å². The van der Waals surface area contributed by atoms with Crippen molar-refractivity contribution in [1.82, 2.24) is 10.0 Å². The molecule has 0 spiro atoms. The van der Waals surface area contributed by atoms with E-state index in [1.54, 1.807) is 0 Å². The van der Waals surface area contributed by atoms with Crippen LogP contribution in [0.15, 0.2) is 29.2 Å². The van der Waals surface area contributed by atoms with Crippen molar-refractivity contribution in [2.75, 3.05) is 13.2 Å². The van der Waals surface area contributed by atoms with E-state index in [1.165, 1.54) is 6.92 Å². The molecule has 1 rings (SSSR count). The Morgan fingerprint density at radius 1 is 1.37 bits per heavy atom. The molecule has 0 saturated heterocycles. The number of hydrogen-bond acceptors (Lipinski definition) is 4. The monoisotopic (exact) mass is 290 g/mol. The van der Waals surface area contributed by atoms with Crippen LogP contribution in [0.4, 0.5) is 4.39 Å². The molecule has 0 fully saturated rings. The molecule has 0 unspecified atom stereocenters. The summed E-state index contributed by atoms with van der Waals surface area (Å²) in [6.45, 7) is 1.18. The molecule has 1 atom stereocenters. The van der Waals surface area contributed by atoms with Crippen LogP contribution in [-0.2, 0) is 14.8 Å². The lowest BCUT2D eigenvalue weighted by atomic mass is 10.3. The molecule has 1 aromatic rings. The first-order valence-corrected chi connectivity index (χ1v) is 7.01. The first-order valence-electron chi connectivity index (χ1n) is 5.53. The Morgan fingerprint density at radius 2 is 1.95 bits per heavy atom. The SMILES string of the molecule is C[C@H](NS(=O)(=O)c1ccc(F)cc1)C(=O)NCCO. The first kappa shape index (κ1) is 15.5. The van der Waals surface area contributed by atoms with Crippen LogP contribution in [0, 0.1) is 5.82 Å². The maximum atomic E-state index is 12.7. The third kappa shape index (κ3) is 4.58. The van der Waals surface area contributed by atoms with Crippen molar-refractivity contribution in [3.8, 4) is 0 Å². The Morgan fingerprint density at radius 3 is 2.47 bits per heavy atom. The number of aliphatic hydroxyl groups is 1. The number of nitrogens with one attached hydrogen (secondary N) is 2. The molecule has 0 aromatic heterocycles. The minimum absolute atomic E-state index is 0.0431. The van der Waals surface area contributed by atoms with Gasteiger partial charge in [-0.25, -0.2) is 12.8 Å². The van der Waals surface area contributed by atoms with Gasteiger partial charge in [-0.15, -0.1) is 0 Å². The zero-order chi connectivity index (χ0) is 14.5. The van der Waals surface area contributed by atoms with Crippen molar-refractivity contribution in [3.63, 3.8) is 0 Å². The normalized spacial score (nSPS) is 13.0. The highest BCUT2D eigenvalue weighted by atomic mass is 32.2. The number of hydrogen-bond donors (Lipinski definition) is 3. The van der Waals surface area contributed by atoms with E-state index in [0.717, 1.165) is 24.3 Å². The second kappa shape index (κ2) is 6.60. The van der Waals surface area contributed by atoms with Gasteiger partial charge in [0.1, 0.15) is 5.82 Å². The van der Waals surface area contributed by atoms with Gasteiger partial charge in [0, 0.05) is 6.54 Å². The summed E-state index contributed by atoms with van der Waals surface area (Å²) in [6.07, 6.45) is 0. The Balaban J connectivity index is 2.74. The van der Waals surface area contributed by atoms with Gasteiger partial charge in [0.05, 0.1) is 17.5 Å². The lowest BCUT2D eigenvalue weighted by molar-refractivity contribution is -0.122. The summed E-state index contributed by atoms with van der Waals surface area (Å²) in [5, 5.41) is 10.9. The van der Waals surface area contributed by atoms with E-state index in [0.29, 0.717) is 0 Å². The molecule has 0 bridgehead atoms. The molecule has 0 aliphatic carbocycles. The standard InChI is InChI=1S/C11H15FN2O4S/c1-8(11(16)13-6-7-15)14-19(17,18)10-4-2-9(12)3-5-10/h2-5,8,14-15H,6-7H2,1H3,(H,13,16)/t8-/m0/s1. The molecular weight excluding hydrogens is 275 g/mol. The molecule has 3 N–H and O–H groups in total. The molecule has 6 nitrogen and oxygen atoms in total. The van der Waals surface area contributed by atoms with Crippen molar-refractivity contribution in [1.29, 1.82) is 0 Å². The van der Waals surface area contributed by atoms with Gasteiger partial charge < -0.3 is 10.4 Å². The fourth-order valence-corrected chi connectivity index (χ4v) is 2.50. The molecule has 1 amide bonds. The number of rotatable bonds is 6. The van der Waals surface area contributed by atoms with Gasteiger partial charge >= 0.3 is 0 Å². The van der Waals surface area contributed by atoms with Crippen LogP contribution in [0.1, 0.15) is 6.92 Å². The molecule has 0 saturated carbocycles. The fraction of sp³-hybridized carbons (Fsp3) is 0.364. The van der Waals surface area contributed by atoms with Gasteiger partial charge in [0.25, 0.3) is 0 Å². The van der Waals surface area contributed by atoms with Crippen LogP contribution in [0.25, 0.3) is 0 Å². The summed E-state index contributed by atoms with van der Waals surface area (Å²) < 4.78 is 38.6. The van der Waals surface area contributed by atoms with E-state index in [2.05, 4.69) is 10.0 Å². The Bertz CT molecular complexity index is 530.